The van der Waals surface area contributed by atoms with Gasteiger partial charge in [0.15, 0.2) is 5.96 Å². The third kappa shape index (κ3) is 5.21. The third-order valence-corrected chi connectivity index (χ3v) is 2.89. The van der Waals surface area contributed by atoms with Crippen molar-refractivity contribution < 1.29 is 8.78 Å². The molecule has 0 radical (unpaired) electrons. The van der Waals surface area contributed by atoms with Crippen molar-refractivity contribution in [3.05, 3.63) is 65.5 Å². The van der Waals surface area contributed by atoms with Crippen LogP contribution in [-0.2, 0) is 13.1 Å². The summed E-state index contributed by atoms with van der Waals surface area (Å²) in [5.74, 6) is -0.214. The number of benzene rings is 1. The minimum Gasteiger partial charge on any atom is -0.352 e. The maximum Gasteiger partial charge on any atom is 0.191 e. The van der Waals surface area contributed by atoms with Crippen LogP contribution in [0.3, 0.4) is 0 Å². The van der Waals surface area contributed by atoms with Gasteiger partial charge in [-0.05, 0) is 18.2 Å². The normalized spacial score (nSPS) is 10.8. The number of rotatable bonds is 4. The standard InChI is InChI=1S/C15H16F2N4.HI/c1-18-15(20-9-11-5-2-3-6-12(11)16)21-10-14-13(17)7-4-8-19-14;/h2-8H,9-10H2,1H3,(H2,18,20,21);1H. The predicted molar refractivity (Wildman–Crippen MR) is 93.0 cm³/mol. The van der Waals surface area contributed by atoms with Gasteiger partial charge in [0.25, 0.3) is 0 Å². The Hall–Kier alpha value is -1.77. The first kappa shape index (κ1) is 18.3. The number of guanidine groups is 1. The molecule has 0 saturated carbocycles. The molecule has 2 aromatic rings. The molecule has 0 atom stereocenters. The number of aromatic nitrogens is 1. The summed E-state index contributed by atoms with van der Waals surface area (Å²) in [7, 11) is 1.59. The molecule has 2 rings (SSSR count). The zero-order valence-corrected chi connectivity index (χ0v) is 14.3. The summed E-state index contributed by atoms with van der Waals surface area (Å²) >= 11 is 0. The maximum atomic E-state index is 13.5. The van der Waals surface area contributed by atoms with Crippen LogP contribution in [0.4, 0.5) is 8.78 Å². The van der Waals surface area contributed by atoms with Crippen molar-refractivity contribution in [2.75, 3.05) is 7.05 Å². The lowest BCUT2D eigenvalue weighted by molar-refractivity contribution is 0.591. The molecule has 1 aromatic heterocycles. The van der Waals surface area contributed by atoms with E-state index in [1.165, 1.54) is 24.4 Å². The van der Waals surface area contributed by atoms with Crippen LogP contribution in [0.25, 0.3) is 0 Å². The highest BCUT2D eigenvalue weighted by Gasteiger charge is 2.05. The average molecular weight is 418 g/mol. The van der Waals surface area contributed by atoms with Gasteiger partial charge in [-0.25, -0.2) is 8.78 Å². The van der Waals surface area contributed by atoms with E-state index in [-0.39, 0.29) is 48.7 Å². The largest absolute Gasteiger partial charge is 0.352 e. The summed E-state index contributed by atoms with van der Waals surface area (Å²) < 4.78 is 26.9. The van der Waals surface area contributed by atoms with Gasteiger partial charge in [0.05, 0.1) is 12.2 Å². The van der Waals surface area contributed by atoms with Gasteiger partial charge < -0.3 is 10.6 Å². The fraction of sp³-hybridized carbons (Fsp3) is 0.200. The smallest absolute Gasteiger partial charge is 0.191 e. The average Bonchev–Trinajstić information content (AvgIpc) is 2.50. The minimum absolute atomic E-state index is 0. The Morgan fingerprint density at radius 1 is 1.05 bits per heavy atom. The number of nitrogens with one attached hydrogen (secondary N) is 2. The van der Waals surface area contributed by atoms with Crippen molar-refractivity contribution in [1.82, 2.24) is 15.6 Å². The molecule has 0 amide bonds. The molecule has 2 N–H and O–H groups in total. The van der Waals surface area contributed by atoms with Gasteiger partial charge >= 0.3 is 0 Å². The highest BCUT2D eigenvalue weighted by atomic mass is 127. The predicted octanol–water partition coefficient (Wildman–Crippen LogP) is 2.84. The summed E-state index contributed by atoms with van der Waals surface area (Å²) in [4.78, 5) is 7.94. The van der Waals surface area contributed by atoms with Gasteiger partial charge in [-0.15, -0.1) is 24.0 Å². The van der Waals surface area contributed by atoms with Crippen LogP contribution in [0.2, 0.25) is 0 Å². The van der Waals surface area contributed by atoms with Crippen molar-refractivity contribution in [1.29, 1.82) is 0 Å². The molecule has 7 heteroatoms. The van der Waals surface area contributed by atoms with Gasteiger partial charge in [0.1, 0.15) is 11.6 Å². The van der Waals surface area contributed by atoms with Crippen LogP contribution in [0.15, 0.2) is 47.6 Å². The third-order valence-electron chi connectivity index (χ3n) is 2.89. The van der Waals surface area contributed by atoms with E-state index in [1.54, 1.807) is 25.2 Å². The van der Waals surface area contributed by atoms with Crippen LogP contribution in [0.1, 0.15) is 11.3 Å². The van der Waals surface area contributed by atoms with Crippen LogP contribution in [-0.4, -0.2) is 18.0 Å². The molecule has 0 aliphatic rings. The molecule has 1 aromatic carbocycles. The topological polar surface area (TPSA) is 49.3 Å². The second-order valence-electron chi connectivity index (χ2n) is 4.30. The molecule has 0 saturated heterocycles. The Bertz CT molecular complexity index is 583. The first-order valence-corrected chi connectivity index (χ1v) is 6.48. The van der Waals surface area contributed by atoms with Crippen molar-refractivity contribution >= 4 is 29.9 Å². The van der Waals surface area contributed by atoms with E-state index in [9.17, 15) is 8.78 Å². The summed E-state index contributed by atoms with van der Waals surface area (Å²) in [5, 5.41) is 5.90. The summed E-state index contributed by atoms with van der Waals surface area (Å²) in [6, 6.07) is 9.36. The first-order valence-electron chi connectivity index (χ1n) is 6.48. The second-order valence-corrected chi connectivity index (χ2v) is 4.30. The van der Waals surface area contributed by atoms with Gasteiger partial charge in [0, 0.05) is 25.4 Å². The molecule has 0 fully saturated rings. The van der Waals surface area contributed by atoms with Crippen LogP contribution < -0.4 is 10.6 Å². The fourth-order valence-electron chi connectivity index (χ4n) is 1.76. The van der Waals surface area contributed by atoms with E-state index in [4.69, 9.17) is 0 Å². The zero-order chi connectivity index (χ0) is 15.1. The van der Waals surface area contributed by atoms with Gasteiger partial charge in [-0.2, -0.15) is 0 Å². The Kier molecular flexibility index (Phi) is 7.72. The Balaban J connectivity index is 0.00000242. The Morgan fingerprint density at radius 3 is 2.41 bits per heavy atom. The first-order chi connectivity index (χ1) is 10.2. The zero-order valence-electron chi connectivity index (χ0n) is 12.0. The molecule has 0 spiro atoms. The number of pyridine rings is 1. The Morgan fingerprint density at radius 2 is 1.73 bits per heavy atom. The van der Waals surface area contributed by atoms with Crippen LogP contribution in [0, 0.1) is 11.6 Å². The summed E-state index contributed by atoms with van der Waals surface area (Å²) in [6.07, 6.45) is 1.52. The van der Waals surface area contributed by atoms with Crippen LogP contribution >= 0.6 is 24.0 Å². The minimum atomic E-state index is -0.380. The lowest BCUT2D eigenvalue weighted by atomic mass is 10.2. The molecule has 1 heterocycles. The highest BCUT2D eigenvalue weighted by molar-refractivity contribution is 14.0. The molecule has 0 aliphatic heterocycles. The lowest BCUT2D eigenvalue weighted by Crippen LogP contribution is -2.36. The van der Waals surface area contributed by atoms with E-state index in [0.717, 1.165) is 0 Å². The van der Waals surface area contributed by atoms with Gasteiger partial charge in [-0.3, -0.25) is 9.98 Å². The molecule has 0 aliphatic carbocycles. The quantitative estimate of drug-likeness (QED) is 0.456. The van der Waals surface area contributed by atoms with E-state index < -0.39 is 0 Å². The summed E-state index contributed by atoms with van der Waals surface area (Å²) in [6.45, 7) is 0.487. The number of aliphatic imine (C=N–C) groups is 1. The lowest BCUT2D eigenvalue weighted by Gasteiger charge is -2.12. The second kappa shape index (κ2) is 9.29. The maximum absolute atomic E-state index is 13.5. The molecular formula is C15H17F2IN4. The molecule has 118 valence electrons. The molecular weight excluding hydrogens is 401 g/mol. The number of hydrogen-bond donors (Lipinski definition) is 2. The monoisotopic (exact) mass is 418 g/mol. The SMILES string of the molecule is CN=C(NCc1ccccc1F)NCc1ncccc1F.I. The molecule has 4 nitrogen and oxygen atoms in total. The van der Waals surface area contributed by atoms with Crippen molar-refractivity contribution in [2.45, 2.75) is 13.1 Å². The van der Waals surface area contributed by atoms with Crippen molar-refractivity contribution in [3.63, 3.8) is 0 Å². The van der Waals surface area contributed by atoms with Crippen molar-refractivity contribution in [2.24, 2.45) is 4.99 Å². The van der Waals surface area contributed by atoms with E-state index in [2.05, 4.69) is 20.6 Å². The molecule has 0 bridgehead atoms. The molecule has 22 heavy (non-hydrogen) atoms. The molecule has 0 unspecified atom stereocenters. The Labute approximate surface area is 145 Å². The van der Waals surface area contributed by atoms with E-state index >= 15 is 0 Å². The number of hydrogen-bond acceptors (Lipinski definition) is 2. The van der Waals surface area contributed by atoms with E-state index in [0.29, 0.717) is 17.2 Å². The summed E-state index contributed by atoms with van der Waals surface area (Å²) in [5.41, 5.74) is 0.829. The van der Waals surface area contributed by atoms with Crippen LogP contribution in [0.5, 0.6) is 0 Å². The number of nitrogens with zero attached hydrogens (tertiary/aromatic N) is 2. The fourth-order valence-corrected chi connectivity index (χ4v) is 1.76. The van der Waals surface area contributed by atoms with E-state index in [1.807, 2.05) is 0 Å². The van der Waals surface area contributed by atoms with Gasteiger partial charge in [-0.1, -0.05) is 18.2 Å². The van der Waals surface area contributed by atoms with Crippen molar-refractivity contribution in [3.8, 4) is 0 Å². The van der Waals surface area contributed by atoms with Gasteiger partial charge in [0.2, 0.25) is 0 Å². The number of halogens is 3. The highest BCUT2D eigenvalue weighted by Crippen LogP contribution is 2.05.